The molecule has 7 nitrogen and oxygen atoms in total. The average Bonchev–Trinajstić information content (AvgIpc) is 3.25. The molecule has 0 saturated carbocycles. The molecule has 4 rings (SSSR count). The first-order valence-corrected chi connectivity index (χ1v) is 12.0. The first-order valence-electron chi connectivity index (χ1n) is 10.5. The summed E-state index contributed by atoms with van der Waals surface area (Å²) in [5, 5.41) is 3.90. The molecular formula is C25H23N3O4S. The van der Waals surface area contributed by atoms with E-state index in [2.05, 4.69) is 10.0 Å². The van der Waals surface area contributed by atoms with Gasteiger partial charge in [0.1, 0.15) is 0 Å². The fourth-order valence-electron chi connectivity index (χ4n) is 3.47. The van der Waals surface area contributed by atoms with Gasteiger partial charge in [-0.1, -0.05) is 30.3 Å². The number of rotatable bonds is 7. The number of nitrogens with one attached hydrogen (secondary N) is 2. The monoisotopic (exact) mass is 461 g/mol. The molecule has 0 aliphatic carbocycles. The Bertz CT molecular complexity index is 1270. The Morgan fingerprint density at radius 2 is 1.55 bits per heavy atom. The molecule has 0 aromatic heterocycles. The van der Waals surface area contributed by atoms with Crippen molar-refractivity contribution >= 4 is 45.0 Å². The van der Waals surface area contributed by atoms with Crippen molar-refractivity contribution in [1.29, 1.82) is 0 Å². The minimum Gasteiger partial charge on any atom is -0.322 e. The van der Waals surface area contributed by atoms with Gasteiger partial charge in [0, 0.05) is 35.6 Å². The van der Waals surface area contributed by atoms with Crippen LogP contribution in [0.2, 0.25) is 0 Å². The van der Waals surface area contributed by atoms with E-state index in [4.69, 9.17) is 0 Å². The molecule has 1 fully saturated rings. The van der Waals surface area contributed by atoms with Gasteiger partial charge in [0.25, 0.3) is 15.9 Å². The first-order chi connectivity index (χ1) is 15.9. The fraction of sp³-hybridized carbons (Fsp3) is 0.120. The lowest BCUT2D eigenvalue weighted by atomic mass is 10.2. The molecule has 0 bridgehead atoms. The van der Waals surface area contributed by atoms with Crippen LogP contribution in [0.5, 0.6) is 0 Å². The summed E-state index contributed by atoms with van der Waals surface area (Å²) in [5.74, 6) is -0.212. The molecule has 1 heterocycles. The largest absolute Gasteiger partial charge is 0.322 e. The van der Waals surface area contributed by atoms with Crippen LogP contribution in [0.3, 0.4) is 0 Å². The minimum absolute atomic E-state index is 0.109. The molecular weight excluding hydrogens is 438 g/mol. The van der Waals surface area contributed by atoms with Crippen molar-refractivity contribution in [2.24, 2.45) is 0 Å². The lowest BCUT2D eigenvalue weighted by Crippen LogP contribution is -2.23. The molecule has 3 aromatic carbocycles. The van der Waals surface area contributed by atoms with Crippen LogP contribution >= 0.6 is 0 Å². The second-order valence-electron chi connectivity index (χ2n) is 7.59. The second kappa shape index (κ2) is 9.70. The molecule has 8 heteroatoms. The smallest absolute Gasteiger partial charge is 0.255 e. The Labute approximate surface area is 192 Å². The predicted octanol–water partition coefficient (Wildman–Crippen LogP) is 4.48. The van der Waals surface area contributed by atoms with Gasteiger partial charge in [0.2, 0.25) is 5.91 Å². The molecule has 0 unspecified atom stereocenters. The molecule has 168 valence electrons. The number of hydrogen-bond donors (Lipinski definition) is 2. The third kappa shape index (κ3) is 5.87. The first kappa shape index (κ1) is 22.3. The Kier molecular flexibility index (Phi) is 6.55. The highest BCUT2D eigenvalue weighted by atomic mass is 32.2. The van der Waals surface area contributed by atoms with Crippen LogP contribution in [0, 0.1) is 0 Å². The van der Waals surface area contributed by atoms with Crippen molar-refractivity contribution in [3.63, 3.8) is 0 Å². The van der Waals surface area contributed by atoms with Crippen molar-refractivity contribution in [3.8, 4) is 0 Å². The maximum Gasteiger partial charge on any atom is 0.255 e. The summed E-state index contributed by atoms with van der Waals surface area (Å²) in [6.45, 7) is 0.711. The molecule has 2 N–H and O–H groups in total. The zero-order chi connectivity index (χ0) is 23.3. The molecule has 3 aromatic rings. The molecule has 1 saturated heterocycles. The maximum atomic E-state index is 12.5. The van der Waals surface area contributed by atoms with Crippen LogP contribution in [0.4, 0.5) is 17.1 Å². The van der Waals surface area contributed by atoms with E-state index in [1.165, 1.54) is 18.2 Å². The molecule has 33 heavy (non-hydrogen) atoms. The summed E-state index contributed by atoms with van der Waals surface area (Å²) in [5.41, 5.74) is 2.93. The molecule has 0 atom stereocenters. The zero-order valence-electron chi connectivity index (χ0n) is 17.8. The number of nitrogens with zero attached hydrogens (tertiary/aromatic N) is 1. The average molecular weight is 462 g/mol. The van der Waals surface area contributed by atoms with Crippen molar-refractivity contribution < 1.29 is 18.0 Å². The Morgan fingerprint density at radius 3 is 2.18 bits per heavy atom. The van der Waals surface area contributed by atoms with Crippen molar-refractivity contribution in [2.45, 2.75) is 12.8 Å². The number of benzene rings is 3. The molecule has 1 aliphatic heterocycles. The fourth-order valence-corrected chi connectivity index (χ4v) is 4.34. The summed E-state index contributed by atoms with van der Waals surface area (Å²) in [6.07, 6.45) is 2.93. The summed E-state index contributed by atoms with van der Waals surface area (Å²) >= 11 is 0. The quantitative estimate of drug-likeness (QED) is 0.542. The summed E-state index contributed by atoms with van der Waals surface area (Å²) in [7, 11) is -3.69. The van der Waals surface area contributed by atoms with Crippen molar-refractivity contribution in [1.82, 2.24) is 0 Å². The van der Waals surface area contributed by atoms with Gasteiger partial charge in [-0.3, -0.25) is 14.3 Å². The predicted molar refractivity (Wildman–Crippen MR) is 130 cm³/mol. The normalized spacial score (nSPS) is 13.9. The number of carbonyl (C=O) groups excluding carboxylic acids is 2. The lowest BCUT2D eigenvalue weighted by molar-refractivity contribution is -0.117. The number of carbonyl (C=O) groups is 2. The third-order valence-corrected chi connectivity index (χ3v) is 6.17. The van der Waals surface area contributed by atoms with E-state index >= 15 is 0 Å². The van der Waals surface area contributed by atoms with Crippen LogP contribution in [0.25, 0.3) is 6.08 Å². The van der Waals surface area contributed by atoms with Crippen LogP contribution < -0.4 is 14.9 Å². The highest BCUT2D eigenvalue weighted by Crippen LogP contribution is 2.23. The summed E-state index contributed by atoms with van der Waals surface area (Å²) in [4.78, 5) is 26.1. The second-order valence-corrected chi connectivity index (χ2v) is 9.15. The van der Waals surface area contributed by atoms with Gasteiger partial charge in [-0.25, -0.2) is 8.42 Å². The van der Waals surface area contributed by atoms with Crippen molar-refractivity contribution in [2.75, 3.05) is 21.5 Å². The number of amides is 2. The van der Waals surface area contributed by atoms with Gasteiger partial charge in [-0.05, 0) is 66.6 Å². The lowest BCUT2D eigenvalue weighted by Gasteiger charge is -2.16. The van der Waals surface area contributed by atoms with E-state index in [1.807, 2.05) is 18.2 Å². The van der Waals surface area contributed by atoms with Crippen LogP contribution in [-0.4, -0.2) is 26.8 Å². The van der Waals surface area contributed by atoms with E-state index in [0.717, 1.165) is 23.1 Å². The number of hydrogen-bond acceptors (Lipinski definition) is 4. The maximum absolute atomic E-state index is 12.5. The molecule has 1 aliphatic rings. The van der Waals surface area contributed by atoms with Gasteiger partial charge in [0.15, 0.2) is 0 Å². The molecule has 0 radical (unpaired) electrons. The van der Waals surface area contributed by atoms with E-state index in [-0.39, 0.29) is 11.8 Å². The van der Waals surface area contributed by atoms with E-state index in [0.29, 0.717) is 29.9 Å². The third-order valence-electron chi connectivity index (χ3n) is 5.16. The standard InChI is InChI=1S/C25H23N3O4S/c29-24-7-4-17-28(24)23-14-12-21(13-15-23)26-25(30)20-8-10-22(11-9-20)27-33(31,32)18-16-19-5-2-1-3-6-19/h1-3,5-6,8-16,18,27H,4,7,17H2,(H,26,30)/b18-16+. The van der Waals surface area contributed by atoms with Gasteiger partial charge >= 0.3 is 0 Å². The summed E-state index contributed by atoms with van der Waals surface area (Å²) in [6, 6.07) is 22.4. The topological polar surface area (TPSA) is 95.6 Å². The van der Waals surface area contributed by atoms with Gasteiger partial charge in [-0.2, -0.15) is 0 Å². The van der Waals surface area contributed by atoms with Crippen LogP contribution in [0.15, 0.2) is 84.3 Å². The highest BCUT2D eigenvalue weighted by molar-refractivity contribution is 7.95. The van der Waals surface area contributed by atoms with Gasteiger partial charge in [-0.15, -0.1) is 0 Å². The highest BCUT2D eigenvalue weighted by Gasteiger charge is 2.21. The van der Waals surface area contributed by atoms with E-state index in [1.54, 1.807) is 53.4 Å². The van der Waals surface area contributed by atoms with Gasteiger partial charge in [0.05, 0.1) is 5.41 Å². The molecule has 0 spiro atoms. The Morgan fingerprint density at radius 1 is 0.879 bits per heavy atom. The van der Waals surface area contributed by atoms with Gasteiger partial charge < -0.3 is 10.2 Å². The van der Waals surface area contributed by atoms with E-state index < -0.39 is 10.0 Å². The van der Waals surface area contributed by atoms with Crippen LogP contribution in [0.1, 0.15) is 28.8 Å². The van der Waals surface area contributed by atoms with Crippen LogP contribution in [-0.2, 0) is 14.8 Å². The Balaban J connectivity index is 1.36. The zero-order valence-corrected chi connectivity index (χ0v) is 18.6. The minimum atomic E-state index is -3.69. The van der Waals surface area contributed by atoms with Crippen molar-refractivity contribution in [3.05, 3.63) is 95.4 Å². The Hall–Kier alpha value is -3.91. The molecule has 2 amide bonds. The number of sulfonamides is 1. The SMILES string of the molecule is O=C(Nc1ccc(N2CCCC2=O)cc1)c1ccc(NS(=O)(=O)/C=C/c2ccccc2)cc1. The van der Waals surface area contributed by atoms with E-state index in [9.17, 15) is 18.0 Å². The number of anilines is 3. The summed E-state index contributed by atoms with van der Waals surface area (Å²) < 4.78 is 27.0.